The molecular weight excluding hydrogens is 387 g/mol. The Morgan fingerprint density at radius 2 is 1.89 bits per heavy atom. The van der Waals surface area contributed by atoms with Gasteiger partial charge in [0.25, 0.3) is 0 Å². The molecule has 0 saturated carbocycles. The van der Waals surface area contributed by atoms with E-state index >= 15 is 0 Å². The standard InChI is InChI=1S/C20H22ClFN2O2S/c1-14(20(26)23-2)24(11-15-7-4-3-5-8-15)19(25)13-27-12-16-17(21)9-6-10-18(16)22/h3-10,14H,11-13H2,1-2H3,(H,23,26)/t14-/m1/s1. The summed E-state index contributed by atoms with van der Waals surface area (Å²) in [5, 5.41) is 2.92. The lowest BCUT2D eigenvalue weighted by Gasteiger charge is -2.28. The van der Waals surface area contributed by atoms with E-state index in [0.717, 1.165) is 5.56 Å². The first-order valence-corrected chi connectivity index (χ1v) is 10.0. The van der Waals surface area contributed by atoms with E-state index in [1.165, 1.54) is 22.7 Å². The van der Waals surface area contributed by atoms with Gasteiger partial charge in [0.05, 0.1) is 5.75 Å². The van der Waals surface area contributed by atoms with Crippen molar-refractivity contribution in [2.24, 2.45) is 0 Å². The lowest BCUT2D eigenvalue weighted by atomic mass is 10.1. The van der Waals surface area contributed by atoms with Gasteiger partial charge in [0.15, 0.2) is 0 Å². The van der Waals surface area contributed by atoms with E-state index in [0.29, 0.717) is 17.1 Å². The molecule has 0 spiro atoms. The smallest absolute Gasteiger partial charge is 0.242 e. The summed E-state index contributed by atoms with van der Waals surface area (Å²) in [6.45, 7) is 2.02. The molecule has 7 heteroatoms. The third kappa shape index (κ3) is 5.97. The number of nitrogens with one attached hydrogen (secondary N) is 1. The highest BCUT2D eigenvalue weighted by atomic mass is 35.5. The first-order chi connectivity index (χ1) is 12.9. The van der Waals surface area contributed by atoms with E-state index in [1.54, 1.807) is 26.1 Å². The maximum atomic E-state index is 13.9. The van der Waals surface area contributed by atoms with Crippen LogP contribution in [-0.2, 0) is 21.9 Å². The van der Waals surface area contributed by atoms with Crippen molar-refractivity contribution in [3.63, 3.8) is 0 Å². The van der Waals surface area contributed by atoms with Crippen molar-refractivity contribution in [1.82, 2.24) is 10.2 Å². The second kappa shape index (κ2) is 10.3. The van der Waals surface area contributed by atoms with Gasteiger partial charge in [-0.15, -0.1) is 11.8 Å². The van der Waals surface area contributed by atoms with E-state index in [2.05, 4.69) is 5.32 Å². The SMILES string of the molecule is CNC(=O)[C@@H](C)N(Cc1ccccc1)C(=O)CSCc1c(F)cccc1Cl. The number of hydrogen-bond donors (Lipinski definition) is 1. The summed E-state index contributed by atoms with van der Waals surface area (Å²) in [7, 11) is 1.54. The molecule has 0 fully saturated rings. The molecule has 0 aliphatic heterocycles. The van der Waals surface area contributed by atoms with E-state index in [9.17, 15) is 14.0 Å². The third-order valence-electron chi connectivity index (χ3n) is 4.14. The van der Waals surface area contributed by atoms with Gasteiger partial charge in [-0.25, -0.2) is 4.39 Å². The van der Waals surface area contributed by atoms with Crippen LogP contribution in [0.25, 0.3) is 0 Å². The van der Waals surface area contributed by atoms with Crippen molar-refractivity contribution in [1.29, 1.82) is 0 Å². The van der Waals surface area contributed by atoms with Crippen LogP contribution >= 0.6 is 23.4 Å². The molecule has 144 valence electrons. The molecule has 2 rings (SSSR count). The molecule has 0 radical (unpaired) electrons. The number of rotatable bonds is 8. The molecule has 27 heavy (non-hydrogen) atoms. The van der Waals surface area contributed by atoms with Crippen LogP contribution in [0.3, 0.4) is 0 Å². The molecule has 4 nitrogen and oxygen atoms in total. The van der Waals surface area contributed by atoms with E-state index in [4.69, 9.17) is 11.6 Å². The monoisotopic (exact) mass is 408 g/mol. The summed E-state index contributed by atoms with van der Waals surface area (Å²) in [5.41, 5.74) is 1.31. The second-order valence-corrected chi connectivity index (χ2v) is 7.38. The van der Waals surface area contributed by atoms with Crippen molar-refractivity contribution < 1.29 is 14.0 Å². The van der Waals surface area contributed by atoms with Gasteiger partial charge in [0.1, 0.15) is 11.9 Å². The second-order valence-electron chi connectivity index (χ2n) is 5.99. The van der Waals surface area contributed by atoms with Gasteiger partial charge in [0, 0.05) is 29.9 Å². The Balaban J connectivity index is 2.05. The number of hydrogen-bond acceptors (Lipinski definition) is 3. The highest BCUT2D eigenvalue weighted by molar-refractivity contribution is 7.99. The number of amides is 2. The average Bonchev–Trinajstić information content (AvgIpc) is 2.67. The Morgan fingerprint density at radius 3 is 2.52 bits per heavy atom. The first-order valence-electron chi connectivity index (χ1n) is 8.49. The van der Waals surface area contributed by atoms with Gasteiger partial charge in [-0.05, 0) is 24.6 Å². The molecule has 2 amide bonds. The van der Waals surface area contributed by atoms with Crippen LogP contribution in [0.4, 0.5) is 4.39 Å². The topological polar surface area (TPSA) is 49.4 Å². The quantitative estimate of drug-likeness (QED) is 0.721. The number of nitrogens with zero attached hydrogens (tertiary/aromatic N) is 1. The largest absolute Gasteiger partial charge is 0.357 e. The number of carbonyl (C=O) groups excluding carboxylic acids is 2. The third-order valence-corrected chi connectivity index (χ3v) is 5.44. The lowest BCUT2D eigenvalue weighted by molar-refractivity contribution is -0.138. The van der Waals surface area contributed by atoms with Crippen LogP contribution in [0.1, 0.15) is 18.1 Å². The molecule has 0 aliphatic rings. The van der Waals surface area contributed by atoms with Gasteiger partial charge in [0.2, 0.25) is 11.8 Å². The van der Waals surface area contributed by atoms with Crippen molar-refractivity contribution in [3.05, 3.63) is 70.5 Å². The molecule has 2 aromatic rings. The van der Waals surface area contributed by atoms with Gasteiger partial charge in [-0.2, -0.15) is 0 Å². The van der Waals surface area contributed by atoms with Crippen molar-refractivity contribution in [3.8, 4) is 0 Å². The zero-order chi connectivity index (χ0) is 19.8. The number of likely N-dealkylation sites (N-methyl/N-ethyl adjacent to an activating group) is 1. The van der Waals surface area contributed by atoms with E-state index in [-0.39, 0.29) is 29.1 Å². The maximum Gasteiger partial charge on any atom is 0.242 e. The molecule has 0 unspecified atom stereocenters. The first kappa shape index (κ1) is 21.3. The molecule has 1 N–H and O–H groups in total. The number of carbonyl (C=O) groups is 2. The van der Waals surface area contributed by atoms with Gasteiger partial charge in [-0.1, -0.05) is 48.0 Å². The summed E-state index contributed by atoms with van der Waals surface area (Å²) >= 11 is 7.29. The minimum Gasteiger partial charge on any atom is -0.357 e. The Morgan fingerprint density at radius 1 is 1.19 bits per heavy atom. The molecule has 1 atom stereocenters. The molecule has 2 aromatic carbocycles. The minimum absolute atomic E-state index is 0.124. The van der Waals surface area contributed by atoms with Crippen LogP contribution in [-0.4, -0.2) is 35.6 Å². The minimum atomic E-state index is -0.611. The van der Waals surface area contributed by atoms with Crippen molar-refractivity contribution >= 4 is 35.2 Å². The zero-order valence-corrected chi connectivity index (χ0v) is 16.8. The van der Waals surface area contributed by atoms with Gasteiger partial charge < -0.3 is 10.2 Å². The van der Waals surface area contributed by atoms with E-state index < -0.39 is 6.04 Å². The Hall–Kier alpha value is -2.05. The fourth-order valence-electron chi connectivity index (χ4n) is 2.57. The average molecular weight is 409 g/mol. The normalized spacial score (nSPS) is 11.7. The van der Waals surface area contributed by atoms with Crippen molar-refractivity contribution in [2.45, 2.75) is 25.3 Å². The zero-order valence-electron chi connectivity index (χ0n) is 15.2. The van der Waals surface area contributed by atoms with Crippen LogP contribution in [0, 0.1) is 5.82 Å². The summed E-state index contributed by atoms with van der Waals surface area (Å²) < 4.78 is 13.9. The van der Waals surface area contributed by atoms with Gasteiger partial charge in [-0.3, -0.25) is 9.59 Å². The van der Waals surface area contributed by atoms with E-state index in [1.807, 2.05) is 30.3 Å². The molecule has 0 heterocycles. The predicted octanol–water partition coefficient (Wildman–Crippen LogP) is 3.88. The summed E-state index contributed by atoms with van der Waals surface area (Å²) in [6.07, 6.45) is 0. The maximum absolute atomic E-state index is 13.9. The number of thioether (sulfide) groups is 1. The van der Waals surface area contributed by atoms with Crippen molar-refractivity contribution in [2.75, 3.05) is 12.8 Å². The highest BCUT2D eigenvalue weighted by Gasteiger charge is 2.25. The summed E-state index contributed by atoms with van der Waals surface area (Å²) in [5.74, 6) is -0.403. The lowest BCUT2D eigenvalue weighted by Crippen LogP contribution is -2.47. The van der Waals surface area contributed by atoms with Crippen LogP contribution in [0.2, 0.25) is 5.02 Å². The predicted molar refractivity (Wildman–Crippen MR) is 108 cm³/mol. The molecule has 0 aliphatic carbocycles. The molecule has 0 saturated heterocycles. The Labute approximate surface area is 168 Å². The molecule has 0 bridgehead atoms. The Kier molecular flexibility index (Phi) is 8.13. The fourth-order valence-corrected chi connectivity index (χ4v) is 3.81. The van der Waals surface area contributed by atoms with Crippen LogP contribution in [0.5, 0.6) is 0 Å². The van der Waals surface area contributed by atoms with Crippen LogP contribution < -0.4 is 5.32 Å². The molecule has 0 aromatic heterocycles. The highest BCUT2D eigenvalue weighted by Crippen LogP contribution is 2.24. The number of halogens is 2. The number of benzene rings is 2. The summed E-state index contributed by atoms with van der Waals surface area (Å²) in [6, 6.07) is 13.4. The van der Waals surface area contributed by atoms with Gasteiger partial charge >= 0.3 is 0 Å². The summed E-state index contributed by atoms with van der Waals surface area (Å²) in [4.78, 5) is 26.4. The fraction of sp³-hybridized carbons (Fsp3) is 0.300. The molecular formula is C20H22ClFN2O2S. The Bertz CT molecular complexity index is 769. The van der Waals surface area contributed by atoms with Crippen LogP contribution in [0.15, 0.2) is 48.5 Å².